The van der Waals surface area contributed by atoms with Crippen molar-refractivity contribution >= 4 is 17.6 Å². The molecule has 0 aromatic heterocycles. The van der Waals surface area contributed by atoms with Crippen molar-refractivity contribution in [2.75, 3.05) is 0 Å². The van der Waals surface area contributed by atoms with Crippen LogP contribution in [-0.4, -0.2) is 11.1 Å². The number of hydrogen-bond acceptors (Lipinski definition) is 2. The lowest BCUT2D eigenvalue weighted by molar-refractivity contribution is 0.0695. The molecule has 0 fully saturated rings. The molecule has 0 spiro atoms. The summed E-state index contributed by atoms with van der Waals surface area (Å²) in [6.07, 6.45) is 0. The van der Waals surface area contributed by atoms with E-state index in [1.54, 1.807) is 36.4 Å². The highest BCUT2D eigenvalue weighted by Gasteiger charge is 2.08. The van der Waals surface area contributed by atoms with E-state index in [0.717, 1.165) is 5.56 Å². The summed E-state index contributed by atoms with van der Waals surface area (Å²) in [6.45, 7) is 0.894. The van der Waals surface area contributed by atoms with Gasteiger partial charge in [-0.1, -0.05) is 35.9 Å². The van der Waals surface area contributed by atoms with Crippen LogP contribution in [0.2, 0.25) is 5.02 Å². The van der Waals surface area contributed by atoms with Crippen molar-refractivity contribution in [2.45, 2.75) is 13.1 Å². The Morgan fingerprint density at radius 3 is 2.65 bits per heavy atom. The third kappa shape index (κ3) is 3.56. The highest BCUT2D eigenvalue weighted by Crippen LogP contribution is 2.16. The van der Waals surface area contributed by atoms with Gasteiger partial charge in [0.2, 0.25) is 0 Å². The third-order valence-corrected chi connectivity index (χ3v) is 3.17. The van der Waals surface area contributed by atoms with Crippen LogP contribution in [0.1, 0.15) is 21.5 Å². The molecule has 2 aromatic carbocycles. The van der Waals surface area contributed by atoms with Crippen LogP contribution in [0.4, 0.5) is 4.39 Å². The number of rotatable bonds is 5. The van der Waals surface area contributed by atoms with Crippen LogP contribution in [-0.2, 0) is 13.1 Å². The van der Waals surface area contributed by atoms with Crippen LogP contribution in [0.3, 0.4) is 0 Å². The molecule has 0 unspecified atom stereocenters. The Morgan fingerprint density at radius 2 is 1.95 bits per heavy atom. The molecule has 0 heterocycles. The first-order chi connectivity index (χ1) is 9.58. The molecule has 3 nitrogen and oxygen atoms in total. The average molecular weight is 294 g/mol. The molecule has 0 bridgehead atoms. The van der Waals surface area contributed by atoms with E-state index in [1.807, 2.05) is 0 Å². The Balaban J connectivity index is 1.99. The van der Waals surface area contributed by atoms with Crippen LogP contribution in [0.15, 0.2) is 42.5 Å². The normalized spacial score (nSPS) is 10.5. The Bertz CT molecular complexity index is 631. The number of carbonyl (C=O) groups is 1. The second-order valence-corrected chi connectivity index (χ2v) is 4.72. The lowest BCUT2D eigenvalue weighted by Gasteiger charge is -2.08. The number of benzene rings is 2. The minimum atomic E-state index is -0.952. The Labute approximate surface area is 121 Å². The Hall–Kier alpha value is -1.91. The summed E-state index contributed by atoms with van der Waals surface area (Å²) in [4.78, 5) is 11.1. The van der Waals surface area contributed by atoms with Crippen molar-refractivity contribution in [3.8, 4) is 0 Å². The fourth-order valence-corrected chi connectivity index (χ4v) is 2.08. The van der Waals surface area contributed by atoms with Gasteiger partial charge in [-0.3, -0.25) is 0 Å². The molecule has 0 aliphatic rings. The Morgan fingerprint density at radius 1 is 1.20 bits per heavy atom. The molecule has 104 valence electrons. The maximum Gasteiger partial charge on any atom is 0.336 e. The SMILES string of the molecule is O=C(O)c1ccccc1CNCc1ccc(F)c(Cl)c1. The summed E-state index contributed by atoms with van der Waals surface area (Å²) in [5.41, 5.74) is 1.81. The number of carboxylic acids is 1. The van der Waals surface area contributed by atoms with Crippen LogP contribution < -0.4 is 5.32 Å². The monoisotopic (exact) mass is 293 g/mol. The van der Waals surface area contributed by atoms with Crippen LogP contribution in [0.5, 0.6) is 0 Å². The van der Waals surface area contributed by atoms with Crippen LogP contribution in [0.25, 0.3) is 0 Å². The first-order valence-electron chi connectivity index (χ1n) is 6.04. The molecule has 0 saturated carbocycles. The van der Waals surface area contributed by atoms with Gasteiger partial charge in [0.25, 0.3) is 0 Å². The van der Waals surface area contributed by atoms with Gasteiger partial charge in [0.05, 0.1) is 10.6 Å². The second-order valence-electron chi connectivity index (χ2n) is 4.31. The van der Waals surface area contributed by atoms with Gasteiger partial charge in [-0.2, -0.15) is 0 Å². The van der Waals surface area contributed by atoms with Gasteiger partial charge in [-0.25, -0.2) is 9.18 Å². The minimum Gasteiger partial charge on any atom is -0.478 e. The summed E-state index contributed by atoms with van der Waals surface area (Å²) in [6, 6.07) is 11.3. The highest BCUT2D eigenvalue weighted by atomic mass is 35.5. The predicted molar refractivity (Wildman–Crippen MR) is 75.4 cm³/mol. The molecule has 0 aliphatic heterocycles. The second kappa shape index (κ2) is 6.50. The average Bonchev–Trinajstić information content (AvgIpc) is 2.43. The van der Waals surface area contributed by atoms with E-state index in [0.29, 0.717) is 18.7 Å². The van der Waals surface area contributed by atoms with E-state index >= 15 is 0 Å². The standard InChI is InChI=1S/C15H13ClFNO2/c16-13-7-10(5-6-14(13)17)8-18-9-11-3-1-2-4-12(11)15(19)20/h1-7,18H,8-9H2,(H,19,20). The topological polar surface area (TPSA) is 49.3 Å². The van der Waals surface area contributed by atoms with E-state index in [2.05, 4.69) is 5.32 Å². The number of hydrogen-bond donors (Lipinski definition) is 2. The van der Waals surface area contributed by atoms with Crippen molar-refractivity contribution in [3.05, 3.63) is 70.0 Å². The number of carboxylic acid groups (broad SMARTS) is 1. The van der Waals surface area contributed by atoms with E-state index in [-0.39, 0.29) is 10.6 Å². The van der Waals surface area contributed by atoms with Crippen molar-refractivity contribution < 1.29 is 14.3 Å². The van der Waals surface area contributed by atoms with Gasteiger partial charge in [-0.05, 0) is 29.3 Å². The molecular weight excluding hydrogens is 281 g/mol. The molecule has 20 heavy (non-hydrogen) atoms. The molecule has 0 saturated heterocycles. The third-order valence-electron chi connectivity index (χ3n) is 2.88. The van der Waals surface area contributed by atoms with E-state index in [9.17, 15) is 9.18 Å². The zero-order valence-electron chi connectivity index (χ0n) is 10.6. The van der Waals surface area contributed by atoms with E-state index in [4.69, 9.17) is 16.7 Å². The highest BCUT2D eigenvalue weighted by molar-refractivity contribution is 6.30. The summed E-state index contributed by atoms with van der Waals surface area (Å²) in [5.74, 6) is -1.40. The maximum absolute atomic E-state index is 13.0. The van der Waals surface area contributed by atoms with Crippen LogP contribution >= 0.6 is 11.6 Å². The van der Waals surface area contributed by atoms with Gasteiger partial charge >= 0.3 is 5.97 Å². The molecule has 2 rings (SSSR count). The van der Waals surface area contributed by atoms with E-state index in [1.165, 1.54) is 6.07 Å². The van der Waals surface area contributed by atoms with Crippen LogP contribution in [0, 0.1) is 5.82 Å². The number of halogens is 2. The smallest absolute Gasteiger partial charge is 0.336 e. The largest absolute Gasteiger partial charge is 0.478 e. The fourth-order valence-electron chi connectivity index (χ4n) is 1.87. The summed E-state index contributed by atoms with van der Waals surface area (Å²) < 4.78 is 13.0. The first kappa shape index (κ1) is 14.5. The lowest BCUT2D eigenvalue weighted by Crippen LogP contribution is -2.15. The molecule has 0 aliphatic carbocycles. The van der Waals surface area contributed by atoms with Gasteiger partial charge in [0, 0.05) is 13.1 Å². The Kier molecular flexibility index (Phi) is 4.71. The first-order valence-corrected chi connectivity index (χ1v) is 6.41. The lowest BCUT2D eigenvalue weighted by atomic mass is 10.1. The predicted octanol–water partition coefficient (Wildman–Crippen LogP) is 3.47. The summed E-state index contributed by atoms with van der Waals surface area (Å²) in [7, 11) is 0. The maximum atomic E-state index is 13.0. The van der Waals surface area contributed by atoms with Gasteiger partial charge in [0.15, 0.2) is 0 Å². The zero-order chi connectivity index (χ0) is 14.5. The zero-order valence-corrected chi connectivity index (χ0v) is 11.3. The molecule has 5 heteroatoms. The van der Waals surface area contributed by atoms with Gasteiger partial charge < -0.3 is 10.4 Å². The van der Waals surface area contributed by atoms with Crippen molar-refractivity contribution in [3.63, 3.8) is 0 Å². The minimum absolute atomic E-state index is 0.0789. The molecular formula is C15H13ClFNO2. The molecule has 0 atom stereocenters. The van der Waals surface area contributed by atoms with Crippen molar-refractivity contribution in [2.24, 2.45) is 0 Å². The van der Waals surface area contributed by atoms with Crippen molar-refractivity contribution in [1.29, 1.82) is 0 Å². The quantitative estimate of drug-likeness (QED) is 0.887. The van der Waals surface area contributed by atoms with Gasteiger partial charge in [-0.15, -0.1) is 0 Å². The molecule has 0 amide bonds. The van der Waals surface area contributed by atoms with E-state index < -0.39 is 11.8 Å². The molecule has 0 radical (unpaired) electrons. The van der Waals surface area contributed by atoms with Crippen molar-refractivity contribution in [1.82, 2.24) is 5.32 Å². The summed E-state index contributed by atoms with van der Waals surface area (Å²) in [5, 5.41) is 12.3. The van der Waals surface area contributed by atoms with Gasteiger partial charge in [0.1, 0.15) is 5.82 Å². The number of aromatic carboxylic acids is 1. The number of nitrogens with one attached hydrogen (secondary N) is 1. The molecule has 2 aromatic rings. The molecule has 2 N–H and O–H groups in total. The fraction of sp³-hybridized carbons (Fsp3) is 0.133. The summed E-state index contributed by atoms with van der Waals surface area (Å²) >= 11 is 5.70.